The third-order valence-electron chi connectivity index (χ3n) is 5.01. The van der Waals surface area contributed by atoms with E-state index in [0.717, 1.165) is 58.6 Å². The number of rotatable bonds is 7. The Bertz CT molecular complexity index is 547. The van der Waals surface area contributed by atoms with Gasteiger partial charge in [-0.1, -0.05) is 6.92 Å². The van der Waals surface area contributed by atoms with Gasteiger partial charge in [0.2, 0.25) is 5.91 Å². The van der Waals surface area contributed by atoms with Gasteiger partial charge >= 0.3 is 0 Å². The highest BCUT2D eigenvalue weighted by molar-refractivity contribution is 7.09. The average Bonchev–Trinajstić information content (AvgIpc) is 3.10. The van der Waals surface area contributed by atoms with Crippen molar-refractivity contribution >= 4 is 42.1 Å². The van der Waals surface area contributed by atoms with Crippen LogP contribution >= 0.6 is 36.2 Å². The predicted octanol–water partition coefficient (Wildman–Crippen LogP) is 2.26. The zero-order chi connectivity index (χ0) is 17.5. The Kier molecular flexibility index (Phi) is 11.8. The van der Waals surface area contributed by atoms with E-state index < -0.39 is 0 Å². The first kappa shape index (κ1) is 24.6. The van der Waals surface area contributed by atoms with Crippen molar-refractivity contribution < 1.29 is 9.53 Å². The number of hydrogen-bond acceptors (Lipinski definition) is 6. The molecule has 1 amide bonds. The lowest BCUT2D eigenvalue weighted by Crippen LogP contribution is -2.45. The molecule has 3 heterocycles. The van der Waals surface area contributed by atoms with E-state index in [1.165, 1.54) is 10.7 Å². The van der Waals surface area contributed by atoms with Crippen molar-refractivity contribution in [2.24, 2.45) is 5.92 Å². The fourth-order valence-corrected chi connectivity index (χ4v) is 4.20. The van der Waals surface area contributed by atoms with Crippen molar-refractivity contribution in [1.29, 1.82) is 0 Å². The molecule has 2 saturated heterocycles. The Morgan fingerprint density at radius 1 is 1.41 bits per heavy atom. The molecule has 1 aromatic rings. The van der Waals surface area contributed by atoms with Gasteiger partial charge in [0.1, 0.15) is 0 Å². The molecule has 2 fully saturated rings. The summed E-state index contributed by atoms with van der Waals surface area (Å²) in [5.41, 5.74) is 1.20. The smallest absolute Gasteiger partial charge is 0.221 e. The monoisotopic (exact) mass is 438 g/mol. The molecule has 0 aromatic carbocycles. The fourth-order valence-electron chi connectivity index (χ4n) is 3.47. The van der Waals surface area contributed by atoms with E-state index in [0.29, 0.717) is 18.9 Å². The van der Waals surface area contributed by atoms with Crippen molar-refractivity contribution in [2.75, 3.05) is 39.4 Å². The lowest BCUT2D eigenvalue weighted by molar-refractivity contribution is -0.122. The topological polar surface area (TPSA) is 66.5 Å². The summed E-state index contributed by atoms with van der Waals surface area (Å²) in [6.07, 6.45) is 3.84. The van der Waals surface area contributed by atoms with Crippen LogP contribution in [0, 0.1) is 5.92 Å². The summed E-state index contributed by atoms with van der Waals surface area (Å²) < 4.78 is 5.39. The Labute approximate surface area is 178 Å². The number of nitrogens with zero attached hydrogens (tertiary/aromatic N) is 2. The Hall–Kier alpha value is -0.440. The summed E-state index contributed by atoms with van der Waals surface area (Å²) in [6, 6.07) is 0.168. The summed E-state index contributed by atoms with van der Waals surface area (Å²) in [4.78, 5) is 19.2. The first-order valence-electron chi connectivity index (χ1n) is 9.46. The Morgan fingerprint density at radius 2 is 2.19 bits per heavy atom. The second-order valence-corrected chi connectivity index (χ2v) is 7.98. The van der Waals surface area contributed by atoms with E-state index >= 15 is 0 Å². The van der Waals surface area contributed by atoms with E-state index in [1.54, 1.807) is 11.3 Å². The molecule has 2 aliphatic heterocycles. The highest BCUT2D eigenvalue weighted by Gasteiger charge is 2.21. The number of carbonyl (C=O) groups excluding carboxylic acids is 1. The summed E-state index contributed by atoms with van der Waals surface area (Å²) in [5.74, 6) is 0.734. The first-order valence-corrected chi connectivity index (χ1v) is 10.3. The van der Waals surface area contributed by atoms with E-state index in [-0.39, 0.29) is 36.8 Å². The molecule has 1 atom stereocenters. The number of aryl methyl sites for hydroxylation is 1. The van der Waals surface area contributed by atoms with Crippen molar-refractivity contribution in [2.45, 2.75) is 45.2 Å². The number of hydrogen-bond donors (Lipinski definition) is 2. The minimum absolute atomic E-state index is 0. The van der Waals surface area contributed by atoms with Gasteiger partial charge in [0.15, 0.2) is 0 Å². The molecule has 0 spiro atoms. The van der Waals surface area contributed by atoms with Crippen LogP contribution in [0.4, 0.5) is 0 Å². The number of amides is 1. The number of nitrogens with one attached hydrogen (secondary N) is 2. The zero-order valence-electron chi connectivity index (χ0n) is 15.9. The molecule has 156 valence electrons. The average molecular weight is 439 g/mol. The molecule has 2 aliphatic rings. The van der Waals surface area contributed by atoms with E-state index in [9.17, 15) is 4.79 Å². The van der Waals surface area contributed by atoms with Crippen molar-refractivity contribution in [3.05, 3.63) is 16.1 Å². The lowest BCUT2D eigenvalue weighted by Gasteiger charge is -2.31. The minimum atomic E-state index is 0. The quantitative estimate of drug-likeness (QED) is 0.683. The van der Waals surface area contributed by atoms with Crippen LogP contribution in [0.5, 0.6) is 0 Å². The summed E-state index contributed by atoms with van der Waals surface area (Å²) >= 11 is 1.76. The Morgan fingerprint density at radius 3 is 2.81 bits per heavy atom. The van der Waals surface area contributed by atoms with Gasteiger partial charge in [-0.25, -0.2) is 4.98 Å². The van der Waals surface area contributed by atoms with E-state index in [1.807, 2.05) is 0 Å². The molecule has 1 unspecified atom stereocenters. The van der Waals surface area contributed by atoms with Gasteiger partial charge in [0.25, 0.3) is 0 Å². The van der Waals surface area contributed by atoms with Crippen LogP contribution in [0.3, 0.4) is 0 Å². The van der Waals surface area contributed by atoms with E-state index in [4.69, 9.17) is 4.74 Å². The van der Waals surface area contributed by atoms with Crippen LogP contribution in [0.1, 0.15) is 36.9 Å². The molecule has 0 bridgehead atoms. The van der Waals surface area contributed by atoms with Gasteiger partial charge in [0, 0.05) is 37.5 Å². The SMILES string of the molecule is CCc1nc(CN2CCC(CNC(=O)CC3COCCN3)CC2)cs1.Cl.Cl. The summed E-state index contributed by atoms with van der Waals surface area (Å²) in [6.45, 7) is 8.34. The third kappa shape index (κ3) is 8.21. The molecule has 27 heavy (non-hydrogen) atoms. The van der Waals surface area contributed by atoms with Gasteiger partial charge in [-0.05, 0) is 38.3 Å². The highest BCUT2D eigenvalue weighted by atomic mass is 35.5. The van der Waals surface area contributed by atoms with Crippen LogP contribution in [-0.2, 0) is 22.5 Å². The first-order chi connectivity index (χ1) is 12.2. The third-order valence-corrected chi connectivity index (χ3v) is 6.05. The number of halogens is 2. The molecule has 3 rings (SSSR count). The van der Waals surface area contributed by atoms with Crippen LogP contribution in [0.2, 0.25) is 0 Å². The summed E-state index contributed by atoms with van der Waals surface area (Å²) in [5, 5.41) is 9.85. The zero-order valence-corrected chi connectivity index (χ0v) is 18.4. The second-order valence-electron chi connectivity index (χ2n) is 7.04. The number of carbonyl (C=O) groups is 1. The molecule has 0 aliphatic carbocycles. The van der Waals surface area contributed by atoms with Gasteiger partial charge in [-0.15, -0.1) is 36.2 Å². The molecule has 0 radical (unpaired) electrons. The normalized spacial score (nSPS) is 21.1. The largest absolute Gasteiger partial charge is 0.378 e. The molecule has 0 saturated carbocycles. The van der Waals surface area contributed by atoms with Crippen molar-refractivity contribution in [3.63, 3.8) is 0 Å². The van der Waals surface area contributed by atoms with Crippen LogP contribution in [-0.4, -0.2) is 61.2 Å². The predicted molar refractivity (Wildman–Crippen MR) is 114 cm³/mol. The molecule has 6 nitrogen and oxygen atoms in total. The number of ether oxygens (including phenoxy) is 1. The number of piperidine rings is 1. The summed E-state index contributed by atoms with van der Waals surface area (Å²) in [7, 11) is 0. The van der Waals surface area contributed by atoms with Crippen LogP contribution in [0.25, 0.3) is 0 Å². The van der Waals surface area contributed by atoms with Crippen molar-refractivity contribution in [1.82, 2.24) is 20.5 Å². The molecular weight excluding hydrogens is 407 g/mol. The molecule has 2 N–H and O–H groups in total. The highest BCUT2D eigenvalue weighted by Crippen LogP contribution is 2.19. The maximum Gasteiger partial charge on any atom is 0.221 e. The molecule has 9 heteroatoms. The van der Waals surface area contributed by atoms with Gasteiger partial charge < -0.3 is 15.4 Å². The minimum Gasteiger partial charge on any atom is -0.378 e. The fraction of sp³-hybridized carbons (Fsp3) is 0.778. The van der Waals surface area contributed by atoms with Crippen molar-refractivity contribution in [3.8, 4) is 0 Å². The van der Waals surface area contributed by atoms with Crippen LogP contribution in [0.15, 0.2) is 5.38 Å². The van der Waals surface area contributed by atoms with Gasteiger partial charge in [-0.2, -0.15) is 0 Å². The number of thiazole rings is 1. The maximum absolute atomic E-state index is 12.1. The molecule has 1 aromatic heterocycles. The standard InChI is InChI=1S/C18H30N4O2S.2ClH/c1-2-18-21-16(13-25-18)11-22-6-3-14(4-7-22)10-20-17(23)9-15-12-24-8-5-19-15;;/h13-15,19H,2-12H2,1H3,(H,20,23);2*1H. The maximum atomic E-state index is 12.1. The number of morpholine rings is 1. The second kappa shape index (κ2) is 12.9. The van der Waals surface area contributed by atoms with Gasteiger partial charge in [-0.3, -0.25) is 9.69 Å². The van der Waals surface area contributed by atoms with Crippen LogP contribution < -0.4 is 10.6 Å². The number of aromatic nitrogens is 1. The number of likely N-dealkylation sites (tertiary alicyclic amines) is 1. The van der Waals surface area contributed by atoms with Gasteiger partial charge in [0.05, 0.1) is 23.9 Å². The van der Waals surface area contributed by atoms with E-state index in [2.05, 4.69) is 32.8 Å². The molecular formula is C18H32Cl2N4O2S. The lowest BCUT2D eigenvalue weighted by atomic mass is 9.96. The Balaban J connectivity index is 0.00000182.